The monoisotopic (exact) mass is 531 g/mol. The Morgan fingerprint density at radius 2 is 1.95 bits per heavy atom. The van der Waals surface area contributed by atoms with Crippen LogP contribution in [0, 0.1) is 0 Å². The van der Waals surface area contributed by atoms with Crippen LogP contribution in [0.2, 0.25) is 0 Å². The van der Waals surface area contributed by atoms with Crippen LogP contribution < -0.4 is 15.0 Å². The quantitative estimate of drug-likeness (QED) is 0.347. The van der Waals surface area contributed by atoms with Crippen molar-refractivity contribution in [2.24, 2.45) is 0 Å². The molecular formula is C27H29N7O3S. The highest BCUT2D eigenvalue weighted by atomic mass is 32.1. The maximum absolute atomic E-state index is 14.0. The number of nitrogens with zero attached hydrogens (tertiary/aromatic N) is 6. The smallest absolute Gasteiger partial charge is 0.251 e. The summed E-state index contributed by atoms with van der Waals surface area (Å²) in [7, 11) is 1.56. The van der Waals surface area contributed by atoms with Crippen LogP contribution in [-0.2, 0) is 16.1 Å². The Bertz CT molecular complexity index is 1350. The fourth-order valence-corrected chi connectivity index (χ4v) is 5.35. The lowest BCUT2D eigenvalue weighted by atomic mass is 9.94. The van der Waals surface area contributed by atoms with Gasteiger partial charge in [-0.15, -0.1) is 21.5 Å². The maximum Gasteiger partial charge on any atom is 0.251 e. The molecule has 1 aliphatic carbocycles. The van der Waals surface area contributed by atoms with Gasteiger partial charge in [-0.2, -0.15) is 4.80 Å². The second-order valence-electron chi connectivity index (χ2n) is 9.11. The van der Waals surface area contributed by atoms with Gasteiger partial charge in [-0.1, -0.05) is 31.4 Å². The molecule has 38 heavy (non-hydrogen) atoms. The molecule has 10 nitrogen and oxygen atoms in total. The van der Waals surface area contributed by atoms with Crippen molar-refractivity contribution in [2.75, 3.05) is 12.0 Å². The average molecular weight is 532 g/mol. The van der Waals surface area contributed by atoms with Gasteiger partial charge in [0.15, 0.2) is 0 Å². The Morgan fingerprint density at radius 3 is 2.68 bits per heavy atom. The van der Waals surface area contributed by atoms with Crippen molar-refractivity contribution in [3.05, 3.63) is 71.9 Å². The zero-order valence-electron chi connectivity index (χ0n) is 21.1. The van der Waals surface area contributed by atoms with E-state index in [1.165, 1.54) is 27.5 Å². The lowest BCUT2D eigenvalue weighted by molar-refractivity contribution is -0.127. The van der Waals surface area contributed by atoms with E-state index in [1.807, 2.05) is 17.5 Å². The van der Waals surface area contributed by atoms with E-state index >= 15 is 0 Å². The first-order chi connectivity index (χ1) is 18.6. The summed E-state index contributed by atoms with van der Waals surface area (Å²) in [5, 5.41) is 17.7. The van der Waals surface area contributed by atoms with Crippen LogP contribution in [-0.4, -0.2) is 50.2 Å². The summed E-state index contributed by atoms with van der Waals surface area (Å²) in [6.45, 7) is -0.201. The van der Waals surface area contributed by atoms with Crippen LogP contribution >= 0.6 is 11.3 Å². The van der Waals surface area contributed by atoms with Crippen LogP contribution in [0.25, 0.3) is 10.7 Å². The summed E-state index contributed by atoms with van der Waals surface area (Å²) in [6, 6.07) is 13.6. The molecule has 1 N–H and O–H groups in total. The Balaban J connectivity index is 1.51. The Hall–Kier alpha value is -4.12. The third-order valence-corrected chi connectivity index (χ3v) is 7.42. The SMILES string of the molecule is COc1cccc(N(C(=O)Cn2nnc(-c3cccs3)n2)[C@H](C(=O)NC2CCCCC2)c2ccncc2)c1. The van der Waals surface area contributed by atoms with Gasteiger partial charge in [0, 0.05) is 30.2 Å². The van der Waals surface area contributed by atoms with Gasteiger partial charge in [0.25, 0.3) is 5.91 Å². The Labute approximate surface area is 224 Å². The number of nitrogens with one attached hydrogen (secondary N) is 1. The van der Waals surface area contributed by atoms with E-state index in [0.29, 0.717) is 22.8 Å². The Morgan fingerprint density at radius 1 is 1.13 bits per heavy atom. The molecule has 1 fully saturated rings. The predicted octanol–water partition coefficient (Wildman–Crippen LogP) is 4.03. The van der Waals surface area contributed by atoms with Gasteiger partial charge < -0.3 is 10.1 Å². The van der Waals surface area contributed by atoms with Crippen LogP contribution in [0.1, 0.15) is 43.7 Å². The third-order valence-electron chi connectivity index (χ3n) is 6.55. The van der Waals surface area contributed by atoms with Gasteiger partial charge in [0.05, 0.1) is 12.0 Å². The minimum Gasteiger partial charge on any atom is -0.497 e. The van der Waals surface area contributed by atoms with E-state index in [4.69, 9.17) is 4.74 Å². The van der Waals surface area contributed by atoms with Crippen molar-refractivity contribution in [1.29, 1.82) is 0 Å². The van der Waals surface area contributed by atoms with Gasteiger partial charge in [-0.3, -0.25) is 19.5 Å². The van der Waals surface area contributed by atoms with Crippen molar-refractivity contribution in [3.8, 4) is 16.5 Å². The van der Waals surface area contributed by atoms with E-state index in [9.17, 15) is 9.59 Å². The van der Waals surface area contributed by atoms with Crippen molar-refractivity contribution in [3.63, 3.8) is 0 Å². The molecule has 5 rings (SSSR count). The number of thiophene rings is 1. The molecule has 196 valence electrons. The zero-order valence-corrected chi connectivity index (χ0v) is 21.9. The predicted molar refractivity (Wildman–Crippen MR) is 144 cm³/mol. The number of amides is 2. The van der Waals surface area contributed by atoms with Crippen molar-refractivity contribution in [2.45, 2.75) is 50.7 Å². The molecule has 4 aromatic rings. The molecule has 0 saturated heterocycles. The number of hydrogen-bond acceptors (Lipinski definition) is 8. The molecule has 3 aromatic heterocycles. The molecule has 1 aromatic carbocycles. The van der Waals surface area contributed by atoms with Gasteiger partial charge >= 0.3 is 0 Å². The molecule has 0 aliphatic heterocycles. The number of anilines is 1. The third kappa shape index (κ3) is 5.88. The summed E-state index contributed by atoms with van der Waals surface area (Å²) >= 11 is 1.49. The molecule has 0 unspecified atom stereocenters. The number of hydrogen-bond donors (Lipinski definition) is 1. The number of carbonyl (C=O) groups excluding carboxylic acids is 2. The second-order valence-corrected chi connectivity index (χ2v) is 10.1. The topological polar surface area (TPSA) is 115 Å². The van der Waals surface area contributed by atoms with E-state index in [0.717, 1.165) is 30.6 Å². The van der Waals surface area contributed by atoms with Crippen molar-refractivity contribution >= 4 is 28.8 Å². The second kappa shape index (κ2) is 12.0. The number of pyridine rings is 1. The van der Waals surface area contributed by atoms with Gasteiger partial charge in [0.1, 0.15) is 18.3 Å². The molecule has 0 bridgehead atoms. The van der Waals surface area contributed by atoms with Crippen LogP contribution in [0.5, 0.6) is 5.75 Å². The van der Waals surface area contributed by atoms with Crippen LogP contribution in [0.4, 0.5) is 5.69 Å². The molecule has 0 spiro atoms. The van der Waals surface area contributed by atoms with E-state index < -0.39 is 6.04 Å². The molecule has 0 radical (unpaired) electrons. The van der Waals surface area contributed by atoms with E-state index in [1.54, 1.807) is 55.9 Å². The number of methoxy groups -OCH3 is 1. The largest absolute Gasteiger partial charge is 0.497 e. The van der Waals surface area contributed by atoms with Gasteiger partial charge in [-0.25, -0.2) is 0 Å². The highest BCUT2D eigenvalue weighted by Crippen LogP contribution is 2.31. The fourth-order valence-electron chi connectivity index (χ4n) is 4.70. The summed E-state index contributed by atoms with van der Waals surface area (Å²) in [6.07, 6.45) is 8.43. The number of benzene rings is 1. The van der Waals surface area contributed by atoms with E-state index in [2.05, 4.69) is 25.7 Å². The van der Waals surface area contributed by atoms with Crippen molar-refractivity contribution < 1.29 is 14.3 Å². The maximum atomic E-state index is 14.0. The van der Waals surface area contributed by atoms with E-state index in [-0.39, 0.29) is 24.4 Å². The minimum absolute atomic E-state index is 0.0770. The number of aromatic nitrogens is 5. The standard InChI is InChI=1S/C27H29N7O3S/c1-37-22-10-5-9-21(17-22)34(24(35)18-33-31-26(30-32-33)23-11-6-16-38-23)25(19-12-14-28-15-13-19)27(36)29-20-7-3-2-4-8-20/h5-6,9-17,20,25H,2-4,7-8,18H2,1H3,(H,29,36)/t25-/m0/s1. The highest BCUT2D eigenvalue weighted by molar-refractivity contribution is 7.13. The van der Waals surface area contributed by atoms with Gasteiger partial charge in [-0.05, 0) is 59.3 Å². The molecule has 3 heterocycles. The number of carbonyl (C=O) groups is 2. The number of rotatable bonds is 9. The number of tetrazole rings is 1. The molecule has 1 atom stereocenters. The summed E-state index contributed by atoms with van der Waals surface area (Å²) in [4.78, 5) is 35.6. The summed E-state index contributed by atoms with van der Waals surface area (Å²) < 4.78 is 5.43. The normalized spacial score (nSPS) is 14.6. The highest BCUT2D eigenvalue weighted by Gasteiger charge is 2.34. The van der Waals surface area contributed by atoms with Crippen LogP contribution in [0.3, 0.4) is 0 Å². The molecule has 1 saturated carbocycles. The number of ether oxygens (including phenoxy) is 1. The molecule has 2 amide bonds. The molecule has 11 heteroatoms. The molecule has 1 aliphatic rings. The average Bonchev–Trinajstić information content (AvgIpc) is 3.65. The van der Waals surface area contributed by atoms with Gasteiger partial charge in [0.2, 0.25) is 11.7 Å². The fraction of sp³-hybridized carbons (Fsp3) is 0.333. The summed E-state index contributed by atoms with van der Waals surface area (Å²) in [5.74, 6) is 0.404. The molecular weight excluding hydrogens is 502 g/mol. The van der Waals surface area contributed by atoms with Crippen molar-refractivity contribution in [1.82, 2.24) is 30.5 Å². The Kier molecular flexibility index (Phi) is 8.03. The summed E-state index contributed by atoms with van der Waals surface area (Å²) in [5.41, 5.74) is 1.17. The lowest BCUT2D eigenvalue weighted by Gasteiger charge is -2.33. The first kappa shape index (κ1) is 25.5. The van der Waals surface area contributed by atoms with Crippen LogP contribution in [0.15, 0.2) is 66.3 Å². The minimum atomic E-state index is -0.931. The first-order valence-electron chi connectivity index (χ1n) is 12.6. The zero-order chi connectivity index (χ0) is 26.3. The lowest BCUT2D eigenvalue weighted by Crippen LogP contribution is -2.48. The first-order valence-corrected chi connectivity index (χ1v) is 13.5.